The average Bonchev–Trinajstić information content (AvgIpc) is 2.84. The molecule has 0 spiro atoms. The Hall–Kier alpha value is -1.30. The number of carbonyl (C=O) groups is 1. The van der Waals surface area contributed by atoms with Gasteiger partial charge in [0.15, 0.2) is 9.84 Å². The molecule has 88 valence electrons. The molecule has 1 fully saturated rings. The van der Waals surface area contributed by atoms with E-state index in [9.17, 15) is 13.2 Å². The summed E-state index contributed by atoms with van der Waals surface area (Å²) in [5, 5.41) is 0. The smallest absolute Gasteiger partial charge is 0.255 e. The standard InChI is InChI=1S/C10H14N2O3S/c1-12(9-3-5-16(14,15)7-9)10(13)8-2-4-11-6-8/h2,4,6,9,11H,3,5,7H2,1H3. The van der Waals surface area contributed by atoms with Crippen molar-refractivity contribution >= 4 is 15.7 Å². The van der Waals surface area contributed by atoms with Crippen molar-refractivity contribution in [3.63, 3.8) is 0 Å². The van der Waals surface area contributed by atoms with Crippen LogP contribution >= 0.6 is 0 Å². The molecule has 5 nitrogen and oxygen atoms in total. The van der Waals surface area contributed by atoms with Gasteiger partial charge in [-0.1, -0.05) is 0 Å². The predicted octanol–water partition coefficient (Wildman–Crippen LogP) is 0.274. The maximum atomic E-state index is 11.9. The van der Waals surface area contributed by atoms with Crippen LogP contribution in [0.5, 0.6) is 0 Å². The van der Waals surface area contributed by atoms with Gasteiger partial charge in [-0.25, -0.2) is 8.42 Å². The largest absolute Gasteiger partial charge is 0.367 e. The Bertz CT molecular complexity index is 478. The molecule has 1 amide bonds. The van der Waals surface area contributed by atoms with Crippen molar-refractivity contribution in [3.05, 3.63) is 24.0 Å². The van der Waals surface area contributed by atoms with Gasteiger partial charge in [-0.05, 0) is 12.5 Å². The van der Waals surface area contributed by atoms with Crippen molar-refractivity contribution in [1.29, 1.82) is 0 Å². The Labute approximate surface area is 94.4 Å². The number of H-pyrrole nitrogens is 1. The molecular weight excluding hydrogens is 228 g/mol. The van der Waals surface area contributed by atoms with Gasteiger partial charge in [0, 0.05) is 25.5 Å². The van der Waals surface area contributed by atoms with Crippen LogP contribution in [0.2, 0.25) is 0 Å². The summed E-state index contributed by atoms with van der Waals surface area (Å²) in [4.78, 5) is 16.2. The number of aromatic amines is 1. The number of aromatic nitrogens is 1. The first-order valence-electron chi connectivity index (χ1n) is 5.10. The van der Waals surface area contributed by atoms with Gasteiger partial charge in [0.25, 0.3) is 5.91 Å². The second kappa shape index (κ2) is 3.93. The number of nitrogens with zero attached hydrogens (tertiary/aromatic N) is 1. The lowest BCUT2D eigenvalue weighted by atomic mass is 10.2. The van der Waals surface area contributed by atoms with Gasteiger partial charge in [-0.3, -0.25) is 4.79 Å². The number of nitrogens with one attached hydrogen (secondary N) is 1. The molecule has 1 aromatic heterocycles. The molecule has 2 rings (SSSR count). The fraction of sp³-hybridized carbons (Fsp3) is 0.500. The third kappa shape index (κ3) is 2.11. The molecule has 0 radical (unpaired) electrons. The molecule has 1 aliphatic heterocycles. The van der Waals surface area contributed by atoms with Crippen LogP contribution in [0.3, 0.4) is 0 Å². The molecule has 2 heterocycles. The van der Waals surface area contributed by atoms with Crippen molar-refractivity contribution in [2.45, 2.75) is 12.5 Å². The van der Waals surface area contributed by atoms with E-state index in [-0.39, 0.29) is 23.5 Å². The Morgan fingerprint density at radius 3 is 2.81 bits per heavy atom. The molecule has 6 heteroatoms. The Kier molecular flexibility index (Phi) is 2.75. The van der Waals surface area contributed by atoms with Crippen molar-refractivity contribution in [1.82, 2.24) is 9.88 Å². The van der Waals surface area contributed by atoms with Crippen LogP contribution in [0.25, 0.3) is 0 Å². The number of rotatable bonds is 2. The first-order valence-corrected chi connectivity index (χ1v) is 6.92. The van der Waals surface area contributed by atoms with Crippen LogP contribution in [0, 0.1) is 0 Å². The molecule has 1 unspecified atom stereocenters. The topological polar surface area (TPSA) is 70.2 Å². The normalized spacial score (nSPS) is 23.2. The van der Waals surface area contributed by atoms with Crippen LogP contribution < -0.4 is 0 Å². The zero-order valence-electron chi connectivity index (χ0n) is 9.01. The molecule has 16 heavy (non-hydrogen) atoms. The van der Waals surface area contributed by atoms with Gasteiger partial charge < -0.3 is 9.88 Å². The lowest BCUT2D eigenvalue weighted by Crippen LogP contribution is -2.37. The quantitative estimate of drug-likeness (QED) is 0.809. The SMILES string of the molecule is CN(C(=O)c1cc[nH]c1)C1CCS(=O)(=O)C1. The zero-order valence-corrected chi connectivity index (χ0v) is 9.83. The highest BCUT2D eigenvalue weighted by atomic mass is 32.2. The highest BCUT2D eigenvalue weighted by Crippen LogP contribution is 2.18. The molecule has 1 saturated heterocycles. The van der Waals surface area contributed by atoms with Gasteiger partial charge in [-0.2, -0.15) is 0 Å². The van der Waals surface area contributed by atoms with E-state index in [1.807, 2.05) is 0 Å². The van der Waals surface area contributed by atoms with Crippen LogP contribution in [0.4, 0.5) is 0 Å². The van der Waals surface area contributed by atoms with Gasteiger partial charge >= 0.3 is 0 Å². The molecule has 1 aliphatic rings. The molecule has 1 atom stereocenters. The minimum atomic E-state index is -2.94. The summed E-state index contributed by atoms with van der Waals surface area (Å²) in [6.07, 6.45) is 3.82. The van der Waals surface area contributed by atoms with Crippen molar-refractivity contribution in [2.24, 2.45) is 0 Å². The predicted molar refractivity (Wildman–Crippen MR) is 59.9 cm³/mol. The molecule has 1 aromatic rings. The van der Waals surface area contributed by atoms with E-state index in [0.29, 0.717) is 12.0 Å². The highest BCUT2D eigenvalue weighted by molar-refractivity contribution is 7.91. The van der Waals surface area contributed by atoms with E-state index in [4.69, 9.17) is 0 Å². The zero-order chi connectivity index (χ0) is 11.8. The lowest BCUT2D eigenvalue weighted by Gasteiger charge is -2.22. The molecule has 0 bridgehead atoms. The second-order valence-corrected chi connectivity index (χ2v) is 6.30. The Morgan fingerprint density at radius 2 is 2.31 bits per heavy atom. The summed E-state index contributed by atoms with van der Waals surface area (Å²) in [6.45, 7) is 0. The minimum absolute atomic E-state index is 0.0830. The number of hydrogen-bond acceptors (Lipinski definition) is 3. The Morgan fingerprint density at radius 1 is 1.56 bits per heavy atom. The average molecular weight is 242 g/mol. The fourth-order valence-corrected chi connectivity index (χ4v) is 3.68. The first-order chi connectivity index (χ1) is 7.49. The summed E-state index contributed by atoms with van der Waals surface area (Å²) in [7, 11) is -1.29. The van der Waals surface area contributed by atoms with E-state index in [2.05, 4.69) is 4.98 Å². The van der Waals surface area contributed by atoms with Gasteiger partial charge in [0.2, 0.25) is 0 Å². The Balaban J connectivity index is 2.09. The van der Waals surface area contributed by atoms with Gasteiger partial charge in [0.05, 0.1) is 17.1 Å². The van der Waals surface area contributed by atoms with Crippen LogP contribution in [-0.2, 0) is 9.84 Å². The van der Waals surface area contributed by atoms with Crippen LogP contribution in [0.1, 0.15) is 16.8 Å². The maximum absolute atomic E-state index is 11.9. The van der Waals surface area contributed by atoms with Crippen molar-refractivity contribution in [3.8, 4) is 0 Å². The second-order valence-electron chi connectivity index (χ2n) is 4.07. The molecular formula is C10H14N2O3S. The van der Waals surface area contributed by atoms with E-state index in [1.165, 1.54) is 4.90 Å². The summed E-state index contributed by atoms with van der Waals surface area (Å²) in [5.74, 6) is 0.130. The maximum Gasteiger partial charge on any atom is 0.255 e. The van der Waals surface area contributed by atoms with Crippen LogP contribution in [-0.4, -0.2) is 48.8 Å². The van der Waals surface area contributed by atoms with E-state index in [0.717, 1.165) is 0 Å². The number of hydrogen-bond donors (Lipinski definition) is 1. The highest BCUT2D eigenvalue weighted by Gasteiger charge is 2.32. The number of carbonyl (C=O) groups excluding carboxylic acids is 1. The van der Waals surface area contributed by atoms with Crippen LogP contribution in [0.15, 0.2) is 18.5 Å². The third-order valence-corrected chi connectivity index (χ3v) is 4.67. The summed E-state index contributed by atoms with van der Waals surface area (Å²) in [6, 6.07) is 1.50. The van der Waals surface area contributed by atoms with Gasteiger partial charge in [0.1, 0.15) is 0 Å². The monoisotopic (exact) mass is 242 g/mol. The van der Waals surface area contributed by atoms with Gasteiger partial charge in [-0.15, -0.1) is 0 Å². The molecule has 0 aliphatic carbocycles. The van der Waals surface area contributed by atoms with Crippen molar-refractivity contribution in [2.75, 3.05) is 18.6 Å². The van der Waals surface area contributed by atoms with E-state index < -0.39 is 9.84 Å². The first kappa shape index (κ1) is 11.2. The number of amides is 1. The number of sulfone groups is 1. The van der Waals surface area contributed by atoms with E-state index in [1.54, 1.807) is 25.5 Å². The summed E-state index contributed by atoms with van der Waals surface area (Å²) in [5.41, 5.74) is 0.562. The summed E-state index contributed by atoms with van der Waals surface area (Å²) >= 11 is 0. The summed E-state index contributed by atoms with van der Waals surface area (Å²) < 4.78 is 22.6. The molecule has 0 saturated carbocycles. The third-order valence-electron chi connectivity index (χ3n) is 2.92. The van der Waals surface area contributed by atoms with E-state index >= 15 is 0 Å². The molecule has 0 aromatic carbocycles. The van der Waals surface area contributed by atoms with Crippen molar-refractivity contribution < 1.29 is 13.2 Å². The fourth-order valence-electron chi connectivity index (χ4n) is 1.91. The molecule has 1 N–H and O–H groups in total. The minimum Gasteiger partial charge on any atom is -0.367 e. The lowest BCUT2D eigenvalue weighted by molar-refractivity contribution is 0.0748.